The highest BCUT2D eigenvalue weighted by Crippen LogP contribution is 2.23. The van der Waals surface area contributed by atoms with E-state index in [4.69, 9.17) is 23.2 Å². The van der Waals surface area contributed by atoms with Crippen molar-refractivity contribution in [3.8, 4) is 5.69 Å². The van der Waals surface area contributed by atoms with Gasteiger partial charge in [0.05, 0.1) is 26.6 Å². The van der Waals surface area contributed by atoms with Crippen molar-refractivity contribution in [2.75, 3.05) is 0 Å². The van der Waals surface area contributed by atoms with Crippen molar-refractivity contribution in [1.82, 2.24) is 9.13 Å². The molecule has 3 rings (SSSR count). The lowest BCUT2D eigenvalue weighted by Crippen LogP contribution is -2.38. The summed E-state index contributed by atoms with van der Waals surface area (Å²) in [4.78, 5) is 25.5. The zero-order valence-electron chi connectivity index (χ0n) is 12.0. The average Bonchev–Trinajstić information content (AvgIpc) is 2.55. The van der Waals surface area contributed by atoms with Gasteiger partial charge in [0.15, 0.2) is 0 Å². The monoisotopic (exact) mass is 346 g/mol. The summed E-state index contributed by atoms with van der Waals surface area (Å²) in [5.74, 6) is 0. The predicted octanol–water partition coefficient (Wildman–Crippen LogP) is 3.65. The van der Waals surface area contributed by atoms with E-state index in [0.717, 1.165) is 4.57 Å². The fourth-order valence-corrected chi connectivity index (χ4v) is 2.77. The highest BCUT2D eigenvalue weighted by atomic mass is 35.5. The Kier molecular flexibility index (Phi) is 4.11. The molecule has 0 amide bonds. The number of rotatable bonds is 3. The normalized spacial score (nSPS) is 10.9. The Labute approximate surface area is 141 Å². The van der Waals surface area contributed by atoms with Crippen molar-refractivity contribution < 1.29 is 0 Å². The van der Waals surface area contributed by atoms with Gasteiger partial charge in [-0.3, -0.25) is 9.36 Å². The molecule has 0 fully saturated rings. The van der Waals surface area contributed by atoms with Gasteiger partial charge in [0, 0.05) is 6.54 Å². The van der Waals surface area contributed by atoms with Gasteiger partial charge in [-0.1, -0.05) is 41.4 Å². The SMILES string of the molecule is C=CCn1c(=O)n(-c2ccc(Cl)c(Cl)c2)c(=O)c2ccccc21. The standard InChI is InChI=1S/C17H12Cl2N2O2/c1-2-9-20-15-6-4-3-5-12(15)16(22)21(17(20)23)11-7-8-13(18)14(19)10-11/h2-8,10H,1,9H2. The molecule has 3 aromatic rings. The Bertz CT molecular complexity index is 1030. The first-order chi connectivity index (χ1) is 11.0. The maximum atomic E-state index is 12.8. The number of para-hydroxylation sites is 1. The van der Waals surface area contributed by atoms with Crippen LogP contribution in [0.4, 0.5) is 0 Å². The number of halogens is 2. The van der Waals surface area contributed by atoms with E-state index in [1.807, 2.05) is 0 Å². The van der Waals surface area contributed by atoms with Crippen molar-refractivity contribution in [2.24, 2.45) is 0 Å². The zero-order chi connectivity index (χ0) is 16.6. The summed E-state index contributed by atoms with van der Waals surface area (Å²) in [5, 5.41) is 1.08. The molecule has 23 heavy (non-hydrogen) atoms. The van der Waals surface area contributed by atoms with Crippen molar-refractivity contribution in [3.05, 3.63) is 86.0 Å². The molecular weight excluding hydrogens is 335 g/mol. The number of nitrogens with zero attached hydrogens (tertiary/aromatic N) is 2. The smallest absolute Gasteiger partial charge is 0.289 e. The Hall–Kier alpha value is -2.30. The molecule has 0 unspecified atom stereocenters. The molecule has 4 nitrogen and oxygen atoms in total. The van der Waals surface area contributed by atoms with Gasteiger partial charge in [-0.25, -0.2) is 9.36 Å². The molecule has 116 valence electrons. The lowest BCUT2D eigenvalue weighted by atomic mass is 10.2. The fraction of sp³-hybridized carbons (Fsp3) is 0.0588. The molecule has 0 saturated heterocycles. The molecule has 0 aliphatic heterocycles. The summed E-state index contributed by atoms with van der Waals surface area (Å²) in [6.07, 6.45) is 1.61. The molecule has 1 heterocycles. The van der Waals surface area contributed by atoms with Gasteiger partial charge in [0.1, 0.15) is 0 Å². The van der Waals surface area contributed by atoms with Gasteiger partial charge in [0.25, 0.3) is 5.56 Å². The first-order valence-electron chi connectivity index (χ1n) is 6.85. The molecule has 0 N–H and O–H groups in total. The number of hydrogen-bond acceptors (Lipinski definition) is 2. The van der Waals surface area contributed by atoms with Crippen molar-refractivity contribution in [3.63, 3.8) is 0 Å². The third-order valence-electron chi connectivity index (χ3n) is 3.52. The van der Waals surface area contributed by atoms with Crippen LogP contribution in [0.15, 0.2) is 64.7 Å². The van der Waals surface area contributed by atoms with Crippen LogP contribution in [0.1, 0.15) is 0 Å². The fourth-order valence-electron chi connectivity index (χ4n) is 2.48. The van der Waals surface area contributed by atoms with E-state index in [1.54, 1.807) is 42.5 Å². The van der Waals surface area contributed by atoms with Crippen LogP contribution in [0.2, 0.25) is 10.0 Å². The van der Waals surface area contributed by atoms with Gasteiger partial charge < -0.3 is 0 Å². The van der Waals surface area contributed by atoms with Crippen molar-refractivity contribution in [2.45, 2.75) is 6.54 Å². The van der Waals surface area contributed by atoms with E-state index in [0.29, 0.717) is 28.2 Å². The van der Waals surface area contributed by atoms with E-state index in [9.17, 15) is 9.59 Å². The van der Waals surface area contributed by atoms with Gasteiger partial charge >= 0.3 is 5.69 Å². The lowest BCUT2D eigenvalue weighted by molar-refractivity contribution is 0.728. The maximum absolute atomic E-state index is 12.8. The summed E-state index contributed by atoms with van der Waals surface area (Å²) in [6.45, 7) is 3.96. The summed E-state index contributed by atoms with van der Waals surface area (Å²) in [6, 6.07) is 11.6. The highest BCUT2D eigenvalue weighted by molar-refractivity contribution is 6.42. The number of allylic oxidation sites excluding steroid dienone is 1. The first kappa shape index (κ1) is 15.6. The topological polar surface area (TPSA) is 44.0 Å². The van der Waals surface area contributed by atoms with Crippen molar-refractivity contribution in [1.29, 1.82) is 0 Å². The molecule has 0 atom stereocenters. The minimum atomic E-state index is -0.452. The third-order valence-corrected chi connectivity index (χ3v) is 4.26. The van der Waals surface area contributed by atoms with E-state index in [-0.39, 0.29) is 5.02 Å². The quantitative estimate of drug-likeness (QED) is 0.679. The van der Waals surface area contributed by atoms with Gasteiger partial charge in [-0.15, -0.1) is 6.58 Å². The molecule has 2 aromatic carbocycles. The predicted molar refractivity (Wildman–Crippen MR) is 94.0 cm³/mol. The molecule has 0 aliphatic carbocycles. The van der Waals surface area contributed by atoms with Gasteiger partial charge in [-0.05, 0) is 30.3 Å². The van der Waals surface area contributed by atoms with Crippen LogP contribution < -0.4 is 11.2 Å². The second-order valence-electron chi connectivity index (χ2n) is 4.94. The van der Waals surface area contributed by atoms with E-state index >= 15 is 0 Å². The molecule has 0 spiro atoms. The Morgan fingerprint density at radius 3 is 2.48 bits per heavy atom. The second kappa shape index (κ2) is 6.07. The Balaban J connectivity index is 2.45. The summed E-state index contributed by atoms with van der Waals surface area (Å²) in [7, 11) is 0. The largest absolute Gasteiger partial charge is 0.336 e. The van der Waals surface area contributed by atoms with Crippen LogP contribution in [0, 0.1) is 0 Å². The summed E-state index contributed by atoms with van der Waals surface area (Å²) >= 11 is 11.9. The number of benzene rings is 2. The average molecular weight is 347 g/mol. The zero-order valence-corrected chi connectivity index (χ0v) is 13.5. The number of hydrogen-bond donors (Lipinski definition) is 0. The summed E-state index contributed by atoms with van der Waals surface area (Å²) in [5.41, 5.74) is 0.0907. The minimum absolute atomic E-state index is 0.277. The molecule has 0 bridgehead atoms. The second-order valence-corrected chi connectivity index (χ2v) is 5.75. The molecule has 1 aromatic heterocycles. The van der Waals surface area contributed by atoms with E-state index < -0.39 is 11.2 Å². The summed E-state index contributed by atoms with van der Waals surface area (Å²) < 4.78 is 2.58. The number of aromatic nitrogens is 2. The minimum Gasteiger partial charge on any atom is -0.289 e. The van der Waals surface area contributed by atoms with Crippen molar-refractivity contribution >= 4 is 34.1 Å². The van der Waals surface area contributed by atoms with Gasteiger partial charge in [-0.2, -0.15) is 0 Å². The molecule has 0 aliphatic rings. The lowest BCUT2D eigenvalue weighted by Gasteiger charge is -2.13. The third kappa shape index (κ3) is 2.60. The Morgan fingerprint density at radius 1 is 1.04 bits per heavy atom. The molecular formula is C17H12Cl2N2O2. The van der Waals surface area contributed by atoms with Crippen LogP contribution in [-0.4, -0.2) is 9.13 Å². The first-order valence-corrected chi connectivity index (χ1v) is 7.61. The van der Waals surface area contributed by atoms with Crippen LogP contribution in [0.25, 0.3) is 16.6 Å². The highest BCUT2D eigenvalue weighted by Gasteiger charge is 2.14. The van der Waals surface area contributed by atoms with Crippen LogP contribution in [0.5, 0.6) is 0 Å². The van der Waals surface area contributed by atoms with Crippen LogP contribution >= 0.6 is 23.2 Å². The molecule has 6 heteroatoms. The van der Waals surface area contributed by atoms with Gasteiger partial charge in [0.2, 0.25) is 0 Å². The maximum Gasteiger partial charge on any atom is 0.336 e. The van der Waals surface area contributed by atoms with Crippen LogP contribution in [0.3, 0.4) is 0 Å². The Morgan fingerprint density at radius 2 is 1.78 bits per heavy atom. The van der Waals surface area contributed by atoms with Crippen LogP contribution in [-0.2, 0) is 6.54 Å². The van der Waals surface area contributed by atoms with E-state index in [2.05, 4.69) is 6.58 Å². The van der Waals surface area contributed by atoms with E-state index in [1.165, 1.54) is 10.6 Å². The number of fused-ring (bicyclic) bond motifs is 1. The molecule has 0 radical (unpaired) electrons. The molecule has 0 saturated carbocycles.